The molecule has 0 saturated carbocycles. The lowest BCUT2D eigenvalue weighted by atomic mass is 9.96. The number of rotatable bonds is 2. The van der Waals surface area contributed by atoms with Crippen molar-refractivity contribution in [2.45, 2.75) is 18.4 Å². The molecule has 2 unspecified atom stereocenters. The van der Waals surface area contributed by atoms with Crippen molar-refractivity contribution < 1.29 is 4.39 Å². The highest BCUT2D eigenvalue weighted by Crippen LogP contribution is 2.30. The van der Waals surface area contributed by atoms with Gasteiger partial charge in [-0.25, -0.2) is 4.39 Å². The first-order chi connectivity index (χ1) is 7.20. The molecule has 1 aliphatic heterocycles. The van der Waals surface area contributed by atoms with E-state index in [1.807, 2.05) is 12.1 Å². The van der Waals surface area contributed by atoms with Gasteiger partial charge in [0.15, 0.2) is 0 Å². The van der Waals surface area contributed by atoms with Gasteiger partial charge in [0.2, 0.25) is 0 Å². The molecule has 2 nitrogen and oxygen atoms in total. The van der Waals surface area contributed by atoms with Gasteiger partial charge in [-0.05, 0) is 37.1 Å². The standard InChI is InChI=1S/C12H17FN2/c1-15-8-10(6-12(15)7-14)9-2-4-11(13)5-3-9/h2-5,10,12H,6-8,14H2,1H3. The van der Waals surface area contributed by atoms with Gasteiger partial charge in [0, 0.05) is 19.1 Å². The van der Waals surface area contributed by atoms with Crippen LogP contribution in [0.25, 0.3) is 0 Å². The number of nitrogens with zero attached hydrogens (tertiary/aromatic N) is 1. The number of likely N-dealkylation sites (tertiary alicyclic amines) is 1. The van der Waals surface area contributed by atoms with E-state index in [9.17, 15) is 4.39 Å². The Balaban J connectivity index is 2.10. The van der Waals surface area contributed by atoms with E-state index in [-0.39, 0.29) is 5.82 Å². The van der Waals surface area contributed by atoms with Crippen LogP contribution < -0.4 is 5.73 Å². The van der Waals surface area contributed by atoms with Gasteiger partial charge < -0.3 is 10.6 Å². The third-order valence-corrected chi connectivity index (χ3v) is 3.30. The zero-order valence-electron chi connectivity index (χ0n) is 8.99. The molecule has 0 bridgehead atoms. The number of nitrogens with two attached hydrogens (primary N) is 1. The van der Waals surface area contributed by atoms with E-state index in [0.717, 1.165) is 13.0 Å². The van der Waals surface area contributed by atoms with Crippen LogP contribution in [-0.4, -0.2) is 31.1 Å². The van der Waals surface area contributed by atoms with Crippen molar-refractivity contribution in [3.05, 3.63) is 35.6 Å². The van der Waals surface area contributed by atoms with Crippen molar-refractivity contribution in [2.75, 3.05) is 20.1 Å². The molecule has 82 valence electrons. The minimum atomic E-state index is -0.166. The summed E-state index contributed by atoms with van der Waals surface area (Å²) in [5, 5.41) is 0. The molecule has 2 atom stereocenters. The van der Waals surface area contributed by atoms with Crippen LogP contribution in [0.15, 0.2) is 24.3 Å². The zero-order valence-corrected chi connectivity index (χ0v) is 8.99. The van der Waals surface area contributed by atoms with Gasteiger partial charge in [-0.3, -0.25) is 0 Å². The Labute approximate surface area is 89.9 Å². The van der Waals surface area contributed by atoms with Crippen molar-refractivity contribution >= 4 is 0 Å². The molecular weight excluding hydrogens is 191 g/mol. The summed E-state index contributed by atoms with van der Waals surface area (Å²) in [5.74, 6) is 0.338. The lowest BCUT2D eigenvalue weighted by Crippen LogP contribution is -2.31. The summed E-state index contributed by atoms with van der Waals surface area (Å²) >= 11 is 0. The predicted octanol–water partition coefficient (Wildman–Crippen LogP) is 1.57. The number of hydrogen-bond donors (Lipinski definition) is 1. The van der Waals surface area contributed by atoms with Crippen molar-refractivity contribution in [3.63, 3.8) is 0 Å². The normalized spacial score (nSPS) is 27.1. The fraction of sp³-hybridized carbons (Fsp3) is 0.500. The summed E-state index contributed by atoms with van der Waals surface area (Å²) in [4.78, 5) is 2.29. The van der Waals surface area contributed by atoms with Gasteiger partial charge >= 0.3 is 0 Å². The van der Waals surface area contributed by atoms with Crippen molar-refractivity contribution in [2.24, 2.45) is 5.73 Å². The summed E-state index contributed by atoms with van der Waals surface area (Å²) in [5.41, 5.74) is 6.91. The molecule has 0 spiro atoms. The second kappa shape index (κ2) is 4.29. The Bertz CT molecular complexity index is 323. The van der Waals surface area contributed by atoms with Crippen molar-refractivity contribution in [1.29, 1.82) is 0 Å². The van der Waals surface area contributed by atoms with Gasteiger partial charge in [0.05, 0.1) is 0 Å². The molecule has 3 heteroatoms. The number of benzene rings is 1. The Hall–Kier alpha value is -0.930. The second-order valence-corrected chi connectivity index (χ2v) is 4.31. The molecule has 1 fully saturated rings. The van der Waals surface area contributed by atoms with Gasteiger partial charge in [-0.2, -0.15) is 0 Å². The molecule has 15 heavy (non-hydrogen) atoms. The average molecular weight is 208 g/mol. The number of halogens is 1. The maximum Gasteiger partial charge on any atom is 0.123 e. The van der Waals surface area contributed by atoms with E-state index in [2.05, 4.69) is 11.9 Å². The van der Waals surface area contributed by atoms with Gasteiger partial charge in [-0.1, -0.05) is 12.1 Å². The van der Waals surface area contributed by atoms with Crippen LogP contribution in [0.1, 0.15) is 17.9 Å². The van der Waals surface area contributed by atoms with Crippen molar-refractivity contribution in [1.82, 2.24) is 4.90 Å². The lowest BCUT2D eigenvalue weighted by Gasteiger charge is -2.15. The van der Waals surface area contributed by atoms with Crippen LogP contribution in [0, 0.1) is 5.82 Å². The van der Waals surface area contributed by atoms with Crippen molar-refractivity contribution in [3.8, 4) is 0 Å². The number of hydrogen-bond acceptors (Lipinski definition) is 2. The lowest BCUT2D eigenvalue weighted by molar-refractivity contribution is 0.316. The van der Waals surface area contributed by atoms with E-state index in [1.54, 1.807) is 0 Å². The SMILES string of the molecule is CN1CC(c2ccc(F)cc2)CC1CN. The van der Waals surface area contributed by atoms with E-state index in [1.165, 1.54) is 17.7 Å². The van der Waals surface area contributed by atoms with E-state index < -0.39 is 0 Å². The van der Waals surface area contributed by atoms with E-state index in [4.69, 9.17) is 5.73 Å². The van der Waals surface area contributed by atoms with E-state index in [0.29, 0.717) is 18.5 Å². The van der Waals surface area contributed by atoms with Crippen LogP contribution in [0.2, 0.25) is 0 Å². The first-order valence-corrected chi connectivity index (χ1v) is 5.36. The number of likely N-dealkylation sites (N-methyl/N-ethyl adjacent to an activating group) is 1. The quantitative estimate of drug-likeness (QED) is 0.799. The third kappa shape index (κ3) is 2.19. The first-order valence-electron chi connectivity index (χ1n) is 5.36. The van der Waals surface area contributed by atoms with Gasteiger partial charge in [0.25, 0.3) is 0 Å². The summed E-state index contributed by atoms with van der Waals surface area (Å²) < 4.78 is 12.8. The molecule has 2 rings (SSSR count). The molecule has 0 amide bonds. The van der Waals surface area contributed by atoms with Crippen LogP contribution >= 0.6 is 0 Å². The summed E-state index contributed by atoms with van der Waals surface area (Å²) in [7, 11) is 2.10. The molecule has 0 aliphatic carbocycles. The highest BCUT2D eigenvalue weighted by Gasteiger charge is 2.29. The van der Waals surface area contributed by atoms with Gasteiger partial charge in [0.1, 0.15) is 5.82 Å². The Kier molecular flexibility index (Phi) is 3.03. The van der Waals surface area contributed by atoms with Crippen LogP contribution in [-0.2, 0) is 0 Å². The summed E-state index contributed by atoms with van der Waals surface area (Å²) in [6.07, 6.45) is 1.08. The van der Waals surface area contributed by atoms with Crippen LogP contribution in [0.5, 0.6) is 0 Å². The van der Waals surface area contributed by atoms with Gasteiger partial charge in [-0.15, -0.1) is 0 Å². The fourth-order valence-corrected chi connectivity index (χ4v) is 2.33. The molecule has 1 saturated heterocycles. The maximum atomic E-state index is 12.8. The zero-order chi connectivity index (χ0) is 10.8. The largest absolute Gasteiger partial charge is 0.329 e. The molecule has 0 aromatic heterocycles. The maximum absolute atomic E-state index is 12.8. The summed E-state index contributed by atoms with van der Waals surface area (Å²) in [6.45, 7) is 1.72. The van der Waals surface area contributed by atoms with E-state index >= 15 is 0 Å². The highest BCUT2D eigenvalue weighted by molar-refractivity contribution is 5.22. The molecule has 1 aromatic rings. The van der Waals surface area contributed by atoms with Crippen LogP contribution in [0.4, 0.5) is 4.39 Å². The fourth-order valence-electron chi connectivity index (χ4n) is 2.33. The topological polar surface area (TPSA) is 29.3 Å². The molecule has 1 heterocycles. The minimum Gasteiger partial charge on any atom is -0.329 e. The molecule has 1 aromatic carbocycles. The molecule has 2 N–H and O–H groups in total. The Morgan fingerprint density at radius 2 is 2.07 bits per heavy atom. The Morgan fingerprint density at radius 3 is 2.60 bits per heavy atom. The third-order valence-electron chi connectivity index (χ3n) is 3.30. The second-order valence-electron chi connectivity index (χ2n) is 4.31. The molecule has 1 aliphatic rings. The predicted molar refractivity (Wildman–Crippen MR) is 59.2 cm³/mol. The summed E-state index contributed by atoms with van der Waals surface area (Å²) in [6, 6.07) is 7.30. The minimum absolute atomic E-state index is 0.166. The first kappa shape index (κ1) is 10.6. The molecular formula is C12H17FN2. The molecule has 0 radical (unpaired) electrons. The monoisotopic (exact) mass is 208 g/mol. The average Bonchev–Trinajstić information content (AvgIpc) is 2.61. The smallest absolute Gasteiger partial charge is 0.123 e. The highest BCUT2D eigenvalue weighted by atomic mass is 19.1. The Morgan fingerprint density at radius 1 is 1.40 bits per heavy atom. The van der Waals surface area contributed by atoms with Crippen LogP contribution in [0.3, 0.4) is 0 Å².